The Morgan fingerprint density at radius 3 is 2.60 bits per heavy atom. The second-order valence-corrected chi connectivity index (χ2v) is 8.89. The van der Waals surface area contributed by atoms with E-state index in [0.717, 1.165) is 16.8 Å². The van der Waals surface area contributed by atoms with E-state index in [1.165, 1.54) is 13.4 Å². The van der Waals surface area contributed by atoms with Crippen LogP contribution in [0, 0.1) is 0 Å². The van der Waals surface area contributed by atoms with Crippen molar-refractivity contribution in [3.8, 4) is 0 Å². The molecule has 1 aromatic heterocycles. The summed E-state index contributed by atoms with van der Waals surface area (Å²) in [4.78, 5) is 16.3. The van der Waals surface area contributed by atoms with Gasteiger partial charge < -0.3 is 19.0 Å². The molecule has 3 heterocycles. The van der Waals surface area contributed by atoms with Crippen molar-refractivity contribution in [2.45, 2.75) is 37.5 Å². The smallest absolute Gasteiger partial charge is 0.337 e. The zero-order valence-electron chi connectivity index (χ0n) is 19.7. The number of carbonyl (C=O) groups is 1. The van der Waals surface area contributed by atoms with E-state index < -0.39 is 11.2 Å². The van der Waals surface area contributed by atoms with Crippen LogP contribution < -0.4 is 5.43 Å². The highest BCUT2D eigenvalue weighted by Gasteiger charge is 2.44. The van der Waals surface area contributed by atoms with E-state index in [-0.39, 0.29) is 5.97 Å². The highest BCUT2D eigenvalue weighted by molar-refractivity contribution is 5.89. The molecule has 8 nitrogen and oxygen atoms in total. The number of nitrogens with zero attached hydrogens (tertiary/aromatic N) is 3. The molecule has 182 valence electrons. The molecule has 1 N–H and O–H groups in total. The van der Waals surface area contributed by atoms with Crippen molar-refractivity contribution in [3.05, 3.63) is 94.8 Å². The number of carbonyl (C=O) groups excluding carboxylic acids is 1. The first-order valence-corrected chi connectivity index (χ1v) is 11.5. The summed E-state index contributed by atoms with van der Waals surface area (Å²) in [6, 6.07) is 14.7. The van der Waals surface area contributed by atoms with Crippen LogP contribution in [0.5, 0.6) is 0 Å². The number of hydrogen-bond acceptors (Lipinski definition) is 8. The number of alkyl halides is 1. The van der Waals surface area contributed by atoms with Crippen LogP contribution in [0.1, 0.15) is 52.7 Å². The molecule has 2 aliphatic rings. The van der Waals surface area contributed by atoms with E-state index in [0.29, 0.717) is 49.6 Å². The van der Waals surface area contributed by atoms with Crippen molar-refractivity contribution in [3.63, 3.8) is 0 Å². The monoisotopic (exact) mass is 478 g/mol. The summed E-state index contributed by atoms with van der Waals surface area (Å²) in [5.74, 6) is -0.0135. The number of nitrogens with one attached hydrogen (secondary N) is 1. The van der Waals surface area contributed by atoms with Gasteiger partial charge in [0.15, 0.2) is 11.9 Å². The van der Waals surface area contributed by atoms with Crippen molar-refractivity contribution >= 4 is 5.97 Å². The molecule has 1 fully saturated rings. The molecule has 0 aliphatic carbocycles. The number of aromatic nitrogens is 2. The number of rotatable bonds is 6. The first-order valence-electron chi connectivity index (χ1n) is 11.5. The van der Waals surface area contributed by atoms with Gasteiger partial charge in [-0.25, -0.2) is 14.6 Å². The van der Waals surface area contributed by atoms with E-state index in [2.05, 4.69) is 15.6 Å². The number of allylic oxidation sites excluding steroid dienone is 1. The number of methoxy groups -OCH3 is 1. The molecule has 0 amide bonds. The second kappa shape index (κ2) is 9.24. The van der Waals surface area contributed by atoms with Gasteiger partial charge in [0.05, 0.1) is 19.2 Å². The van der Waals surface area contributed by atoms with Gasteiger partial charge >= 0.3 is 5.97 Å². The maximum atomic E-state index is 15.5. The molecule has 3 aromatic rings. The lowest BCUT2D eigenvalue weighted by molar-refractivity contribution is -0.0115. The Kier molecular flexibility index (Phi) is 6.12. The van der Waals surface area contributed by atoms with Crippen LogP contribution in [0.3, 0.4) is 0 Å². The molecule has 1 saturated heterocycles. The lowest BCUT2D eigenvalue weighted by Gasteiger charge is -2.32. The maximum absolute atomic E-state index is 15.5. The molecule has 5 rings (SSSR count). The molecule has 0 radical (unpaired) electrons. The fourth-order valence-electron chi connectivity index (χ4n) is 4.73. The third-order valence-corrected chi connectivity index (χ3v) is 6.69. The lowest BCUT2D eigenvalue weighted by Crippen LogP contribution is -2.45. The number of halogens is 1. The van der Waals surface area contributed by atoms with E-state index in [1.807, 2.05) is 54.4 Å². The van der Waals surface area contributed by atoms with Gasteiger partial charge in [-0.1, -0.05) is 41.6 Å². The Morgan fingerprint density at radius 1 is 1.17 bits per heavy atom. The van der Waals surface area contributed by atoms with Gasteiger partial charge in [-0.15, -0.1) is 0 Å². The van der Waals surface area contributed by atoms with Crippen molar-refractivity contribution in [1.82, 2.24) is 20.6 Å². The Labute approximate surface area is 202 Å². The van der Waals surface area contributed by atoms with E-state index in [4.69, 9.17) is 14.0 Å². The average molecular weight is 479 g/mol. The lowest BCUT2D eigenvalue weighted by atomic mass is 9.84. The summed E-state index contributed by atoms with van der Waals surface area (Å²) in [5, 5.41) is 5.78. The third kappa shape index (κ3) is 4.33. The molecule has 1 atom stereocenters. The highest BCUT2D eigenvalue weighted by Crippen LogP contribution is 2.40. The van der Waals surface area contributed by atoms with Crippen molar-refractivity contribution in [1.29, 1.82) is 0 Å². The van der Waals surface area contributed by atoms with E-state index in [9.17, 15) is 4.79 Å². The van der Waals surface area contributed by atoms with Crippen LogP contribution >= 0.6 is 0 Å². The van der Waals surface area contributed by atoms with Gasteiger partial charge in [0.2, 0.25) is 0 Å². The second-order valence-electron chi connectivity index (χ2n) is 8.89. The van der Waals surface area contributed by atoms with Crippen LogP contribution in [-0.2, 0) is 27.2 Å². The molecule has 2 aliphatic heterocycles. The fraction of sp³-hybridized carbons (Fsp3) is 0.346. The molecule has 2 aromatic carbocycles. The molecule has 35 heavy (non-hydrogen) atoms. The Morgan fingerprint density at radius 2 is 1.91 bits per heavy atom. The van der Waals surface area contributed by atoms with Gasteiger partial charge in [0.1, 0.15) is 5.67 Å². The minimum Gasteiger partial charge on any atom is -0.465 e. The van der Waals surface area contributed by atoms with E-state index in [1.54, 1.807) is 12.1 Å². The number of ether oxygens (including phenoxy) is 2. The minimum atomic E-state index is -1.39. The van der Waals surface area contributed by atoms with Gasteiger partial charge in [-0.2, -0.15) is 4.98 Å². The van der Waals surface area contributed by atoms with E-state index >= 15 is 4.39 Å². The topological polar surface area (TPSA) is 89.7 Å². The predicted octanol–water partition coefficient (Wildman–Crippen LogP) is 4.00. The molecule has 1 unspecified atom stereocenters. The molecular formula is C26H27FN4O4. The minimum absolute atomic E-state index is 0.344. The Bertz CT molecular complexity index is 1220. The van der Waals surface area contributed by atoms with Crippen molar-refractivity contribution in [2.75, 3.05) is 20.3 Å². The first kappa shape index (κ1) is 23.2. The number of hydrogen-bond donors (Lipinski definition) is 1. The summed E-state index contributed by atoms with van der Waals surface area (Å²) in [7, 11) is 1.36. The fourth-order valence-corrected chi connectivity index (χ4v) is 4.73. The summed E-state index contributed by atoms with van der Waals surface area (Å²) in [5.41, 5.74) is 5.02. The SMILES string of the molecule is COC(=O)c1cccc(CN2NC(c3ccc(C4(F)CCOCC4)cc3)(c3ncno3)C=C2C)c1. The van der Waals surface area contributed by atoms with Crippen LogP contribution in [0.2, 0.25) is 0 Å². The maximum Gasteiger partial charge on any atom is 0.337 e. The standard InChI is InChI=1S/C26H27FN4O4/c1-18-15-26(24-28-17-29-35-24,22-8-6-21(7-9-22)25(27)10-12-34-13-11-25)30-31(18)16-19-4-3-5-20(14-19)23(32)33-2/h3-9,14-15,17,30H,10-13,16H2,1-2H3. The number of benzene rings is 2. The first-order chi connectivity index (χ1) is 16.9. The Balaban J connectivity index is 1.44. The average Bonchev–Trinajstić information content (AvgIpc) is 3.54. The van der Waals surface area contributed by atoms with Crippen LogP contribution in [0.15, 0.2) is 71.2 Å². The van der Waals surface area contributed by atoms with Crippen LogP contribution in [0.25, 0.3) is 0 Å². The molecule has 9 heteroatoms. The number of hydrazine groups is 1. The third-order valence-electron chi connectivity index (χ3n) is 6.69. The molecule has 0 saturated carbocycles. The summed E-state index contributed by atoms with van der Waals surface area (Å²) >= 11 is 0. The Hall–Kier alpha value is -3.56. The zero-order valence-corrected chi connectivity index (χ0v) is 19.7. The van der Waals surface area contributed by atoms with Crippen molar-refractivity contribution < 1.29 is 23.2 Å². The summed E-state index contributed by atoms with van der Waals surface area (Å²) < 4.78 is 31.2. The molecule has 0 spiro atoms. The quantitative estimate of drug-likeness (QED) is 0.532. The summed E-state index contributed by atoms with van der Waals surface area (Å²) in [6.45, 7) is 3.29. The van der Waals surface area contributed by atoms with Crippen LogP contribution in [0.4, 0.5) is 4.39 Å². The van der Waals surface area contributed by atoms with Gasteiger partial charge in [-0.05, 0) is 41.8 Å². The van der Waals surface area contributed by atoms with Gasteiger partial charge in [0.25, 0.3) is 5.89 Å². The normalized spacial score (nSPS) is 21.6. The molecule has 0 bridgehead atoms. The number of esters is 1. The van der Waals surface area contributed by atoms with Gasteiger partial charge in [-0.3, -0.25) is 0 Å². The zero-order chi connectivity index (χ0) is 24.5. The largest absolute Gasteiger partial charge is 0.465 e. The van der Waals surface area contributed by atoms with Crippen molar-refractivity contribution in [2.24, 2.45) is 0 Å². The van der Waals surface area contributed by atoms with Gasteiger partial charge in [0, 0.05) is 31.8 Å². The summed E-state index contributed by atoms with van der Waals surface area (Å²) in [6.07, 6.45) is 4.06. The highest BCUT2D eigenvalue weighted by atomic mass is 19.1. The van der Waals surface area contributed by atoms with Crippen LogP contribution in [-0.4, -0.2) is 41.4 Å². The molecular weight excluding hydrogens is 451 g/mol. The predicted molar refractivity (Wildman–Crippen MR) is 125 cm³/mol.